The van der Waals surface area contributed by atoms with E-state index in [0.717, 1.165) is 31.6 Å². The second-order valence-electron chi connectivity index (χ2n) is 5.93. The van der Waals surface area contributed by atoms with E-state index in [1.807, 2.05) is 0 Å². The summed E-state index contributed by atoms with van der Waals surface area (Å²) in [6.45, 7) is 2.29. The van der Waals surface area contributed by atoms with Gasteiger partial charge in [0.05, 0.1) is 0 Å². The maximum atomic E-state index is 12.2. The van der Waals surface area contributed by atoms with E-state index in [-0.39, 0.29) is 11.9 Å². The first-order valence-corrected chi connectivity index (χ1v) is 7.28. The van der Waals surface area contributed by atoms with E-state index in [0.29, 0.717) is 17.8 Å². The molecule has 1 saturated carbocycles. The molecule has 2 N–H and O–H groups in total. The van der Waals surface area contributed by atoms with Crippen molar-refractivity contribution in [3.8, 4) is 0 Å². The molecule has 2 atom stereocenters. The predicted octanol–water partition coefficient (Wildman–Crippen LogP) is 0.649. The Balaban J connectivity index is 1.42. The van der Waals surface area contributed by atoms with E-state index in [1.165, 1.54) is 19.4 Å². The Hall–Kier alpha value is -1.43. The molecule has 19 heavy (non-hydrogen) atoms. The number of nitrogens with zero attached hydrogens (tertiary/aromatic N) is 3. The third-order valence-corrected chi connectivity index (χ3v) is 4.59. The molecule has 0 radical (unpaired) electrons. The Morgan fingerprint density at radius 3 is 3.00 bits per heavy atom. The predicted molar refractivity (Wildman–Crippen MR) is 68.8 cm³/mol. The molecule has 3 aliphatic rings. The summed E-state index contributed by atoms with van der Waals surface area (Å²) < 4.78 is 0. The van der Waals surface area contributed by atoms with E-state index in [4.69, 9.17) is 0 Å². The lowest BCUT2D eigenvalue weighted by Crippen LogP contribution is -2.42. The number of aromatic nitrogens is 3. The van der Waals surface area contributed by atoms with Crippen LogP contribution in [0.25, 0.3) is 0 Å². The molecule has 3 heterocycles. The maximum absolute atomic E-state index is 12.2. The molecule has 6 heteroatoms. The maximum Gasteiger partial charge on any atom is 0.291 e. The topological polar surface area (TPSA) is 73.9 Å². The third kappa shape index (κ3) is 2.04. The van der Waals surface area contributed by atoms with Crippen LogP contribution in [0.3, 0.4) is 0 Å². The summed E-state index contributed by atoms with van der Waals surface area (Å²) in [5.74, 6) is 1.56. The van der Waals surface area contributed by atoms with Crippen molar-refractivity contribution in [1.29, 1.82) is 0 Å². The number of aromatic amines is 1. The minimum atomic E-state index is -0.123. The van der Waals surface area contributed by atoms with E-state index in [2.05, 4.69) is 25.4 Å². The van der Waals surface area contributed by atoms with Crippen LogP contribution < -0.4 is 5.32 Å². The summed E-state index contributed by atoms with van der Waals surface area (Å²) in [6, 6.07) is 0.809. The van der Waals surface area contributed by atoms with Gasteiger partial charge in [0, 0.05) is 24.5 Å². The Bertz CT molecular complexity index is 495. The van der Waals surface area contributed by atoms with E-state index in [9.17, 15) is 4.79 Å². The first-order valence-electron chi connectivity index (χ1n) is 7.28. The van der Waals surface area contributed by atoms with Crippen LogP contribution in [0, 0.1) is 0 Å². The molecule has 4 rings (SSSR count). The van der Waals surface area contributed by atoms with E-state index < -0.39 is 0 Å². The van der Waals surface area contributed by atoms with Gasteiger partial charge in [-0.15, -0.1) is 5.10 Å². The molecule has 1 amide bonds. The van der Waals surface area contributed by atoms with Gasteiger partial charge in [-0.3, -0.25) is 14.8 Å². The van der Waals surface area contributed by atoms with E-state index >= 15 is 0 Å². The van der Waals surface area contributed by atoms with Gasteiger partial charge < -0.3 is 5.32 Å². The van der Waals surface area contributed by atoms with Crippen molar-refractivity contribution >= 4 is 5.91 Å². The van der Waals surface area contributed by atoms with Gasteiger partial charge in [-0.1, -0.05) is 0 Å². The molecule has 0 spiro atoms. The highest BCUT2D eigenvalue weighted by atomic mass is 16.2. The first kappa shape index (κ1) is 11.4. The number of H-pyrrole nitrogens is 1. The fraction of sp³-hybridized carbons (Fsp3) is 0.769. The van der Waals surface area contributed by atoms with Crippen LogP contribution in [0.2, 0.25) is 0 Å². The van der Waals surface area contributed by atoms with Gasteiger partial charge in [-0.05, 0) is 38.6 Å². The van der Waals surface area contributed by atoms with Crippen LogP contribution in [0.1, 0.15) is 54.5 Å². The quantitative estimate of drug-likeness (QED) is 0.838. The van der Waals surface area contributed by atoms with Crippen molar-refractivity contribution in [2.45, 2.75) is 50.1 Å². The molecule has 102 valence electrons. The standard InChI is InChI=1S/C13H19N5O/c19-13(12-15-11(16-17-12)8-3-4-8)14-9-5-7-18-6-1-2-10(9)18/h8-10H,1-7H2,(H,14,19)(H,15,16,17). The summed E-state index contributed by atoms with van der Waals surface area (Å²) >= 11 is 0. The first-order chi connectivity index (χ1) is 9.31. The smallest absolute Gasteiger partial charge is 0.291 e. The lowest BCUT2D eigenvalue weighted by Gasteiger charge is -2.20. The van der Waals surface area contributed by atoms with Crippen LogP contribution in [0.5, 0.6) is 0 Å². The summed E-state index contributed by atoms with van der Waals surface area (Å²) in [5, 5.41) is 10.0. The second kappa shape index (κ2) is 4.30. The van der Waals surface area contributed by atoms with Gasteiger partial charge in [-0.25, -0.2) is 4.98 Å². The molecule has 1 aromatic rings. The van der Waals surface area contributed by atoms with Gasteiger partial charge in [0.25, 0.3) is 5.91 Å². The average molecular weight is 261 g/mol. The summed E-state index contributed by atoms with van der Waals surface area (Å²) in [6.07, 6.45) is 5.83. The number of carbonyl (C=O) groups is 1. The van der Waals surface area contributed by atoms with Gasteiger partial charge >= 0.3 is 0 Å². The number of nitrogens with one attached hydrogen (secondary N) is 2. The molecule has 0 aromatic carbocycles. The molecular formula is C13H19N5O. The monoisotopic (exact) mass is 261 g/mol. The number of hydrogen-bond donors (Lipinski definition) is 2. The van der Waals surface area contributed by atoms with Crippen LogP contribution >= 0.6 is 0 Å². The summed E-state index contributed by atoms with van der Waals surface area (Å²) in [4.78, 5) is 19.0. The molecule has 3 fully saturated rings. The third-order valence-electron chi connectivity index (χ3n) is 4.59. The molecule has 1 aromatic heterocycles. The number of rotatable bonds is 3. The van der Waals surface area contributed by atoms with Crippen molar-refractivity contribution in [1.82, 2.24) is 25.4 Å². The molecule has 6 nitrogen and oxygen atoms in total. The zero-order chi connectivity index (χ0) is 12.8. The van der Waals surface area contributed by atoms with E-state index in [1.54, 1.807) is 0 Å². The van der Waals surface area contributed by atoms with Crippen LogP contribution in [-0.4, -0.2) is 51.2 Å². The fourth-order valence-electron chi connectivity index (χ4n) is 3.40. The van der Waals surface area contributed by atoms with Crippen molar-refractivity contribution < 1.29 is 4.79 Å². The summed E-state index contributed by atoms with van der Waals surface area (Å²) in [5.41, 5.74) is 0. The Labute approximate surface area is 112 Å². The normalized spacial score (nSPS) is 30.5. The number of fused-ring (bicyclic) bond motifs is 1. The van der Waals surface area contributed by atoms with Crippen molar-refractivity contribution in [3.05, 3.63) is 11.6 Å². The minimum Gasteiger partial charge on any atom is -0.345 e. The second-order valence-corrected chi connectivity index (χ2v) is 5.93. The Morgan fingerprint density at radius 2 is 2.16 bits per heavy atom. The van der Waals surface area contributed by atoms with Crippen molar-refractivity contribution in [2.75, 3.05) is 13.1 Å². The molecule has 2 unspecified atom stereocenters. The SMILES string of the molecule is O=C(NC1CCN2CCCC12)c1n[nH]c(C2CC2)n1. The Kier molecular flexibility index (Phi) is 2.58. The zero-order valence-electron chi connectivity index (χ0n) is 10.9. The molecule has 2 aliphatic heterocycles. The van der Waals surface area contributed by atoms with Gasteiger partial charge in [0.1, 0.15) is 5.82 Å². The highest BCUT2D eigenvalue weighted by Crippen LogP contribution is 2.37. The fourth-order valence-corrected chi connectivity index (χ4v) is 3.40. The lowest BCUT2D eigenvalue weighted by atomic mass is 10.1. The van der Waals surface area contributed by atoms with Gasteiger partial charge in [-0.2, -0.15) is 0 Å². The van der Waals surface area contributed by atoms with Crippen LogP contribution in [-0.2, 0) is 0 Å². The zero-order valence-corrected chi connectivity index (χ0v) is 10.9. The summed E-state index contributed by atoms with van der Waals surface area (Å²) in [7, 11) is 0. The molecule has 2 saturated heterocycles. The molecule has 0 bridgehead atoms. The lowest BCUT2D eigenvalue weighted by molar-refractivity contribution is 0.0919. The highest BCUT2D eigenvalue weighted by molar-refractivity contribution is 5.90. The molecular weight excluding hydrogens is 242 g/mol. The van der Waals surface area contributed by atoms with Crippen LogP contribution in [0.15, 0.2) is 0 Å². The number of amides is 1. The minimum absolute atomic E-state index is 0.123. The molecule has 1 aliphatic carbocycles. The average Bonchev–Trinajstić information content (AvgIpc) is 2.86. The highest BCUT2D eigenvalue weighted by Gasteiger charge is 2.38. The Morgan fingerprint density at radius 1 is 1.26 bits per heavy atom. The van der Waals surface area contributed by atoms with Gasteiger partial charge in [0.15, 0.2) is 0 Å². The number of carbonyl (C=O) groups excluding carboxylic acids is 1. The largest absolute Gasteiger partial charge is 0.345 e. The number of hydrogen-bond acceptors (Lipinski definition) is 4. The van der Waals surface area contributed by atoms with Gasteiger partial charge in [0.2, 0.25) is 5.82 Å². The van der Waals surface area contributed by atoms with Crippen LogP contribution in [0.4, 0.5) is 0 Å². The van der Waals surface area contributed by atoms with Crippen molar-refractivity contribution in [3.63, 3.8) is 0 Å². The van der Waals surface area contributed by atoms with Crippen molar-refractivity contribution in [2.24, 2.45) is 0 Å².